The lowest BCUT2D eigenvalue weighted by atomic mass is 10.0. The first-order chi connectivity index (χ1) is 15.4. The monoisotopic (exact) mass is 448 g/mol. The molecule has 0 aliphatic heterocycles. The van der Waals surface area contributed by atoms with Gasteiger partial charge >= 0.3 is 5.97 Å². The smallest absolute Gasteiger partial charge is 0.337 e. The molecular formula is C25H28N2O4Si. The van der Waals surface area contributed by atoms with Crippen LogP contribution in [0, 0.1) is 0 Å². The Kier molecular flexibility index (Phi) is 6.30. The maximum Gasteiger partial charge on any atom is 0.337 e. The van der Waals surface area contributed by atoms with Crippen molar-refractivity contribution in [3.8, 4) is 22.4 Å². The molecule has 0 spiro atoms. The highest BCUT2D eigenvalue weighted by molar-refractivity contribution is 6.76. The van der Waals surface area contributed by atoms with Gasteiger partial charge in [0.1, 0.15) is 6.73 Å². The molecule has 0 unspecified atom stereocenters. The first-order valence-electron chi connectivity index (χ1n) is 10.7. The third kappa shape index (κ3) is 4.84. The molecule has 4 aromatic rings. The van der Waals surface area contributed by atoms with Gasteiger partial charge in [0.2, 0.25) is 0 Å². The summed E-state index contributed by atoms with van der Waals surface area (Å²) in [6.07, 6.45) is 3.40. The van der Waals surface area contributed by atoms with E-state index >= 15 is 0 Å². The predicted molar refractivity (Wildman–Crippen MR) is 128 cm³/mol. The van der Waals surface area contributed by atoms with Crippen molar-refractivity contribution in [2.45, 2.75) is 32.4 Å². The van der Waals surface area contributed by atoms with E-state index in [4.69, 9.17) is 19.0 Å². The zero-order chi connectivity index (χ0) is 22.7. The number of ether oxygens (including phenoxy) is 2. The van der Waals surface area contributed by atoms with Crippen LogP contribution in [0.15, 0.2) is 65.5 Å². The molecule has 32 heavy (non-hydrogen) atoms. The average Bonchev–Trinajstić information content (AvgIpc) is 3.43. The van der Waals surface area contributed by atoms with Crippen LogP contribution >= 0.6 is 0 Å². The molecule has 0 fully saturated rings. The summed E-state index contributed by atoms with van der Waals surface area (Å²) in [6.45, 7) is 8.10. The Morgan fingerprint density at radius 2 is 1.78 bits per heavy atom. The number of nitrogens with zero attached hydrogens (tertiary/aromatic N) is 2. The van der Waals surface area contributed by atoms with Crippen molar-refractivity contribution in [1.29, 1.82) is 0 Å². The number of benzene rings is 2. The minimum Gasteiger partial charge on any atom is -0.472 e. The second-order valence-corrected chi connectivity index (χ2v) is 14.6. The molecule has 6 nitrogen and oxygen atoms in total. The van der Waals surface area contributed by atoms with Gasteiger partial charge in [-0.05, 0) is 41.9 Å². The SMILES string of the molecule is COC(=O)c1ccc(-c2c3cc(-c4ccoc4)ccc3nn2COCC[Si](C)(C)C)cc1. The lowest BCUT2D eigenvalue weighted by molar-refractivity contribution is 0.0600. The number of carbonyl (C=O) groups is 1. The molecule has 0 bridgehead atoms. The van der Waals surface area contributed by atoms with Gasteiger partial charge in [-0.3, -0.25) is 0 Å². The molecule has 0 aliphatic carbocycles. The van der Waals surface area contributed by atoms with Gasteiger partial charge in [0.25, 0.3) is 0 Å². The van der Waals surface area contributed by atoms with Crippen molar-refractivity contribution < 1.29 is 18.7 Å². The Labute approximate surface area is 188 Å². The van der Waals surface area contributed by atoms with Crippen molar-refractivity contribution >= 4 is 24.9 Å². The molecule has 0 amide bonds. The minimum atomic E-state index is -1.17. The maximum atomic E-state index is 11.9. The molecule has 4 rings (SSSR count). The Morgan fingerprint density at radius 3 is 2.44 bits per heavy atom. The third-order valence-corrected chi connectivity index (χ3v) is 7.09. The summed E-state index contributed by atoms with van der Waals surface area (Å²) in [4.78, 5) is 11.9. The summed E-state index contributed by atoms with van der Waals surface area (Å²) in [5, 5.41) is 5.82. The van der Waals surface area contributed by atoms with Gasteiger partial charge in [0.05, 0.1) is 36.4 Å². The van der Waals surface area contributed by atoms with Crippen LogP contribution in [0.2, 0.25) is 25.7 Å². The minimum absolute atomic E-state index is 0.355. The number of hydrogen-bond acceptors (Lipinski definition) is 5. The molecule has 2 heterocycles. The number of hydrogen-bond donors (Lipinski definition) is 0. The predicted octanol–water partition coefficient (Wildman–Crippen LogP) is 6.06. The van der Waals surface area contributed by atoms with Crippen molar-refractivity contribution in [3.05, 3.63) is 66.6 Å². The van der Waals surface area contributed by atoms with Gasteiger partial charge in [0, 0.05) is 31.2 Å². The van der Waals surface area contributed by atoms with Crippen LogP contribution < -0.4 is 0 Å². The Bertz CT molecular complexity index is 1210. The van der Waals surface area contributed by atoms with Gasteiger partial charge in [-0.25, -0.2) is 9.48 Å². The van der Waals surface area contributed by atoms with E-state index in [0.29, 0.717) is 18.9 Å². The van der Waals surface area contributed by atoms with Gasteiger partial charge in [-0.2, -0.15) is 5.10 Å². The van der Waals surface area contributed by atoms with E-state index < -0.39 is 8.07 Å². The van der Waals surface area contributed by atoms with E-state index in [1.54, 1.807) is 24.7 Å². The highest BCUT2D eigenvalue weighted by atomic mass is 28.3. The number of rotatable bonds is 8. The summed E-state index contributed by atoms with van der Waals surface area (Å²) in [7, 11) is 0.212. The fraction of sp³-hybridized carbons (Fsp3) is 0.280. The first-order valence-corrected chi connectivity index (χ1v) is 14.4. The van der Waals surface area contributed by atoms with Crippen LogP contribution in [0.3, 0.4) is 0 Å². The molecule has 0 radical (unpaired) electrons. The average molecular weight is 449 g/mol. The van der Waals surface area contributed by atoms with E-state index in [-0.39, 0.29) is 5.97 Å². The van der Waals surface area contributed by atoms with E-state index in [9.17, 15) is 4.79 Å². The van der Waals surface area contributed by atoms with E-state index in [2.05, 4.69) is 25.7 Å². The van der Waals surface area contributed by atoms with Crippen LogP contribution in [0.4, 0.5) is 0 Å². The van der Waals surface area contributed by atoms with Crippen LogP contribution in [0.5, 0.6) is 0 Å². The largest absolute Gasteiger partial charge is 0.472 e. The molecule has 2 aromatic carbocycles. The zero-order valence-corrected chi connectivity index (χ0v) is 19.9. The zero-order valence-electron chi connectivity index (χ0n) is 18.9. The number of esters is 1. The molecule has 166 valence electrons. The second-order valence-electron chi connectivity index (χ2n) is 9.01. The Balaban J connectivity index is 1.73. The van der Waals surface area contributed by atoms with Crippen molar-refractivity contribution in [3.63, 3.8) is 0 Å². The van der Waals surface area contributed by atoms with Gasteiger partial charge in [-0.1, -0.05) is 37.8 Å². The van der Waals surface area contributed by atoms with Crippen molar-refractivity contribution in [2.75, 3.05) is 13.7 Å². The number of aromatic nitrogens is 2. The van der Waals surface area contributed by atoms with E-state index in [1.807, 2.05) is 35.0 Å². The topological polar surface area (TPSA) is 66.5 Å². The molecule has 0 atom stereocenters. The molecule has 2 aromatic heterocycles. The van der Waals surface area contributed by atoms with Crippen LogP contribution in [-0.2, 0) is 16.2 Å². The van der Waals surface area contributed by atoms with Gasteiger partial charge < -0.3 is 13.9 Å². The normalized spacial score (nSPS) is 11.8. The quantitative estimate of drug-likeness (QED) is 0.186. The molecular weight excluding hydrogens is 420 g/mol. The van der Waals surface area contributed by atoms with Crippen LogP contribution in [0.25, 0.3) is 33.3 Å². The third-order valence-electron chi connectivity index (χ3n) is 5.38. The molecule has 0 N–H and O–H groups in total. The highest BCUT2D eigenvalue weighted by Crippen LogP contribution is 2.33. The standard InChI is InChI=1S/C25H28N2O4Si/c1-29-25(28)19-7-5-18(6-8-19)24-22-15-20(21-11-12-30-16-21)9-10-23(22)26-27(24)17-31-13-14-32(2,3)4/h5-12,15-16H,13-14,17H2,1-4H3. The molecule has 0 aliphatic rings. The molecule has 7 heteroatoms. The van der Waals surface area contributed by atoms with Gasteiger partial charge in [-0.15, -0.1) is 0 Å². The molecule has 0 saturated heterocycles. The summed E-state index contributed by atoms with van der Waals surface area (Å²) in [5.74, 6) is -0.355. The van der Waals surface area contributed by atoms with Crippen molar-refractivity contribution in [1.82, 2.24) is 9.78 Å². The fourth-order valence-corrected chi connectivity index (χ4v) is 4.31. The Morgan fingerprint density at radius 1 is 1.03 bits per heavy atom. The van der Waals surface area contributed by atoms with E-state index in [0.717, 1.165) is 39.3 Å². The molecule has 0 saturated carbocycles. The number of furan rings is 1. The van der Waals surface area contributed by atoms with E-state index in [1.165, 1.54) is 7.11 Å². The van der Waals surface area contributed by atoms with Crippen LogP contribution in [-0.4, -0.2) is 37.5 Å². The lowest BCUT2D eigenvalue weighted by Gasteiger charge is -2.16. The number of fused-ring (bicyclic) bond motifs is 1. The highest BCUT2D eigenvalue weighted by Gasteiger charge is 2.17. The van der Waals surface area contributed by atoms with Gasteiger partial charge in [0.15, 0.2) is 0 Å². The number of carbonyl (C=O) groups excluding carboxylic acids is 1. The number of methoxy groups -OCH3 is 1. The summed E-state index contributed by atoms with van der Waals surface area (Å²) >= 11 is 0. The van der Waals surface area contributed by atoms with Crippen molar-refractivity contribution in [2.24, 2.45) is 0 Å². The first kappa shape index (κ1) is 22.0. The maximum absolute atomic E-state index is 11.9. The second kappa shape index (κ2) is 9.14. The van der Waals surface area contributed by atoms with Crippen LogP contribution in [0.1, 0.15) is 10.4 Å². The summed E-state index contributed by atoms with van der Waals surface area (Å²) in [6, 6.07) is 16.6. The summed E-state index contributed by atoms with van der Waals surface area (Å²) in [5.41, 5.74) is 5.37. The fourth-order valence-electron chi connectivity index (χ4n) is 3.55. The Hall–Kier alpha value is -3.16. The summed E-state index contributed by atoms with van der Waals surface area (Å²) < 4.78 is 18.0. The lowest BCUT2D eigenvalue weighted by Crippen LogP contribution is -2.22.